The van der Waals surface area contributed by atoms with Crippen molar-refractivity contribution in [3.8, 4) is 0 Å². The number of amides is 3. The lowest BCUT2D eigenvalue weighted by Crippen LogP contribution is -2.53. The van der Waals surface area contributed by atoms with E-state index in [2.05, 4.69) is 20.5 Å². The normalized spacial score (nSPS) is 20.1. The van der Waals surface area contributed by atoms with Gasteiger partial charge in [-0.05, 0) is 24.3 Å². The highest BCUT2D eigenvalue weighted by atomic mass is 32.1. The van der Waals surface area contributed by atoms with Gasteiger partial charge in [-0.3, -0.25) is 9.89 Å². The molecule has 2 fully saturated rings. The number of nitrogens with one attached hydrogen (secondary N) is 2. The van der Waals surface area contributed by atoms with Gasteiger partial charge in [-0.2, -0.15) is 16.4 Å². The third-order valence-electron chi connectivity index (χ3n) is 4.80. The van der Waals surface area contributed by atoms with Crippen LogP contribution in [0.5, 0.6) is 0 Å². The lowest BCUT2D eigenvalue weighted by Gasteiger charge is -2.34. The van der Waals surface area contributed by atoms with Crippen molar-refractivity contribution in [1.29, 1.82) is 0 Å². The molecule has 144 valence electrons. The van der Waals surface area contributed by atoms with Crippen molar-refractivity contribution in [1.82, 2.24) is 30.3 Å². The van der Waals surface area contributed by atoms with Gasteiger partial charge < -0.3 is 19.9 Å². The summed E-state index contributed by atoms with van der Waals surface area (Å²) >= 11 is 1.51. The molecule has 1 unspecified atom stereocenters. The summed E-state index contributed by atoms with van der Waals surface area (Å²) in [5.74, 6) is 1.29. The predicted octanol–water partition coefficient (Wildman–Crippen LogP) is 1.39. The Bertz CT molecular complexity index is 778. The van der Waals surface area contributed by atoms with E-state index < -0.39 is 0 Å². The first-order chi connectivity index (χ1) is 13.2. The second-order valence-corrected chi connectivity index (χ2v) is 7.37. The largest absolute Gasteiger partial charge is 0.370 e. The van der Waals surface area contributed by atoms with Crippen molar-refractivity contribution in [3.63, 3.8) is 0 Å². The van der Waals surface area contributed by atoms with Gasteiger partial charge in [0.25, 0.3) is 5.91 Å². The fraction of sp³-hybridized carbons (Fsp3) is 0.529. The molecule has 0 aromatic carbocycles. The summed E-state index contributed by atoms with van der Waals surface area (Å²) in [5, 5.41) is 13.6. The van der Waals surface area contributed by atoms with Crippen LogP contribution in [0, 0.1) is 0 Å². The molecule has 27 heavy (non-hydrogen) atoms. The molecular formula is C17H22N6O3S. The van der Waals surface area contributed by atoms with Gasteiger partial charge >= 0.3 is 6.03 Å². The minimum atomic E-state index is -0.160. The fourth-order valence-electron chi connectivity index (χ4n) is 3.27. The number of hydrogen-bond donors (Lipinski definition) is 2. The van der Waals surface area contributed by atoms with Crippen LogP contribution in [0.4, 0.5) is 4.79 Å². The molecule has 0 spiro atoms. The first-order valence-electron chi connectivity index (χ1n) is 9.08. The van der Waals surface area contributed by atoms with Crippen LogP contribution in [0.1, 0.15) is 41.0 Å². The van der Waals surface area contributed by atoms with Crippen molar-refractivity contribution in [2.45, 2.75) is 25.5 Å². The van der Waals surface area contributed by atoms with Crippen molar-refractivity contribution in [2.24, 2.45) is 0 Å². The maximum absolute atomic E-state index is 12.4. The number of aromatic nitrogens is 3. The summed E-state index contributed by atoms with van der Waals surface area (Å²) in [6.07, 6.45) is 1.91. The van der Waals surface area contributed by atoms with E-state index >= 15 is 0 Å². The average Bonchev–Trinajstić information content (AvgIpc) is 3.47. The first-order valence-corrected chi connectivity index (χ1v) is 10.0. The predicted molar refractivity (Wildman–Crippen MR) is 98.3 cm³/mol. The molecule has 0 saturated carbocycles. The Balaban J connectivity index is 1.23. The number of aromatic amines is 1. The Morgan fingerprint density at radius 3 is 2.81 bits per heavy atom. The van der Waals surface area contributed by atoms with E-state index in [1.807, 2.05) is 16.8 Å². The van der Waals surface area contributed by atoms with Crippen LogP contribution in [0.15, 0.2) is 16.8 Å². The van der Waals surface area contributed by atoms with E-state index in [1.165, 1.54) is 11.3 Å². The Hall–Kier alpha value is -2.46. The number of carbonyl (C=O) groups excluding carboxylic acids is 2. The minimum absolute atomic E-state index is 0.0274. The maximum Gasteiger partial charge on any atom is 0.317 e. The molecule has 0 bridgehead atoms. The van der Waals surface area contributed by atoms with Crippen LogP contribution < -0.4 is 5.32 Å². The van der Waals surface area contributed by atoms with Crippen molar-refractivity contribution < 1.29 is 14.3 Å². The Morgan fingerprint density at radius 1 is 1.30 bits per heavy atom. The third kappa shape index (κ3) is 4.11. The van der Waals surface area contributed by atoms with Crippen LogP contribution in [0.3, 0.4) is 0 Å². The van der Waals surface area contributed by atoms with E-state index in [4.69, 9.17) is 4.74 Å². The van der Waals surface area contributed by atoms with Crippen LogP contribution in [0.2, 0.25) is 0 Å². The highest BCUT2D eigenvalue weighted by Crippen LogP contribution is 2.25. The smallest absolute Gasteiger partial charge is 0.317 e. The molecular weight excluding hydrogens is 368 g/mol. The summed E-state index contributed by atoms with van der Waals surface area (Å²) in [7, 11) is 0. The third-order valence-corrected chi connectivity index (χ3v) is 5.48. The van der Waals surface area contributed by atoms with Gasteiger partial charge in [0.15, 0.2) is 5.82 Å². The van der Waals surface area contributed by atoms with Crippen LogP contribution in [-0.2, 0) is 11.3 Å². The van der Waals surface area contributed by atoms with Crippen molar-refractivity contribution in [3.05, 3.63) is 34.0 Å². The molecule has 2 aromatic rings. The molecule has 1 atom stereocenters. The number of urea groups is 1. The standard InChI is InChI=1S/C17H22N6O3S/c24-16(12-3-9-27-11-12)22-4-6-23(7-5-22)17(25)18-10-14-19-15(21-20-14)13-2-1-8-26-13/h3,9,11,13H,1-2,4-8,10H2,(H,18,25)(H,19,20,21). The Labute approximate surface area is 160 Å². The number of nitrogens with zero attached hydrogens (tertiary/aromatic N) is 4. The number of ether oxygens (including phenoxy) is 1. The lowest BCUT2D eigenvalue weighted by atomic mass is 10.2. The zero-order chi connectivity index (χ0) is 18.6. The molecule has 2 aliphatic rings. The topological polar surface area (TPSA) is 103 Å². The summed E-state index contributed by atoms with van der Waals surface area (Å²) in [6, 6.07) is 1.67. The molecule has 0 radical (unpaired) electrons. The summed E-state index contributed by atoms with van der Waals surface area (Å²) < 4.78 is 5.56. The molecule has 2 aromatic heterocycles. The van der Waals surface area contributed by atoms with Crippen LogP contribution in [0.25, 0.3) is 0 Å². The second kappa shape index (κ2) is 8.05. The molecule has 2 N–H and O–H groups in total. The molecule has 2 saturated heterocycles. The monoisotopic (exact) mass is 390 g/mol. The maximum atomic E-state index is 12.4. The number of rotatable bonds is 4. The summed E-state index contributed by atoms with van der Waals surface area (Å²) in [6.45, 7) is 3.12. The quantitative estimate of drug-likeness (QED) is 0.821. The summed E-state index contributed by atoms with van der Waals surface area (Å²) in [5.41, 5.74) is 0.713. The number of H-pyrrole nitrogens is 1. The molecule has 2 aliphatic heterocycles. The molecule has 9 nitrogen and oxygen atoms in total. The highest BCUT2D eigenvalue weighted by molar-refractivity contribution is 7.08. The van der Waals surface area contributed by atoms with Gasteiger partial charge in [-0.15, -0.1) is 0 Å². The Morgan fingerprint density at radius 2 is 2.11 bits per heavy atom. The highest BCUT2D eigenvalue weighted by Gasteiger charge is 2.25. The molecule has 4 heterocycles. The van der Waals surface area contributed by atoms with Gasteiger partial charge in [0.2, 0.25) is 0 Å². The van der Waals surface area contributed by atoms with Gasteiger partial charge in [0.05, 0.1) is 12.1 Å². The van der Waals surface area contributed by atoms with Gasteiger partial charge in [0, 0.05) is 38.2 Å². The zero-order valence-electron chi connectivity index (χ0n) is 14.9. The van der Waals surface area contributed by atoms with Gasteiger partial charge in [-0.25, -0.2) is 9.78 Å². The molecule has 4 rings (SSSR count). The number of piperazine rings is 1. The number of thiophene rings is 1. The van der Waals surface area contributed by atoms with Gasteiger partial charge in [0.1, 0.15) is 11.9 Å². The number of carbonyl (C=O) groups is 2. The van der Waals surface area contributed by atoms with Gasteiger partial charge in [-0.1, -0.05) is 0 Å². The zero-order valence-corrected chi connectivity index (χ0v) is 15.7. The van der Waals surface area contributed by atoms with E-state index in [0.29, 0.717) is 43.4 Å². The molecule has 3 amide bonds. The Kier molecular flexibility index (Phi) is 5.35. The van der Waals surface area contributed by atoms with E-state index in [9.17, 15) is 9.59 Å². The molecule has 10 heteroatoms. The lowest BCUT2D eigenvalue weighted by molar-refractivity contribution is 0.0665. The van der Waals surface area contributed by atoms with E-state index in [-0.39, 0.29) is 24.6 Å². The summed E-state index contributed by atoms with van der Waals surface area (Å²) in [4.78, 5) is 32.6. The average molecular weight is 390 g/mol. The van der Waals surface area contributed by atoms with Crippen LogP contribution in [-0.4, -0.2) is 69.7 Å². The minimum Gasteiger partial charge on any atom is -0.370 e. The van der Waals surface area contributed by atoms with Crippen molar-refractivity contribution >= 4 is 23.3 Å². The second-order valence-electron chi connectivity index (χ2n) is 6.59. The van der Waals surface area contributed by atoms with Crippen molar-refractivity contribution in [2.75, 3.05) is 32.8 Å². The van der Waals surface area contributed by atoms with E-state index in [0.717, 1.165) is 19.4 Å². The number of hydrogen-bond acceptors (Lipinski definition) is 6. The SMILES string of the molecule is O=C(NCc1nc(C2CCCO2)n[nH]1)N1CCN(C(=O)c2ccsc2)CC1. The van der Waals surface area contributed by atoms with Crippen LogP contribution >= 0.6 is 11.3 Å². The first kappa shape index (κ1) is 17.9. The van der Waals surface area contributed by atoms with E-state index in [1.54, 1.807) is 9.80 Å². The fourth-order valence-corrected chi connectivity index (χ4v) is 3.90. The molecule has 0 aliphatic carbocycles.